The van der Waals surface area contributed by atoms with Crippen LogP contribution in [-0.2, 0) is 27.3 Å². The molecule has 0 aromatic heterocycles. The molecule has 3 atom stereocenters. The average Bonchev–Trinajstić information content (AvgIpc) is 2.16. The molecule has 19 heavy (non-hydrogen) atoms. The second kappa shape index (κ2) is 12.7. The Morgan fingerprint density at radius 3 is 0.684 bits per heavy atom. The third-order valence-electron chi connectivity index (χ3n) is 0.995. The van der Waals surface area contributed by atoms with Gasteiger partial charge in [-0.2, -0.15) is 0 Å². The predicted octanol–water partition coefficient (Wildman–Crippen LogP) is -0.933. The molecule has 0 fully saturated rings. The zero-order valence-corrected chi connectivity index (χ0v) is 15.4. The van der Waals surface area contributed by atoms with Gasteiger partial charge in [0, 0.05) is 41.3 Å². The van der Waals surface area contributed by atoms with Gasteiger partial charge in [0.15, 0.2) is 0 Å². The molecular formula is C6H18AlO9P3. The van der Waals surface area contributed by atoms with E-state index in [1.165, 1.54) is 0 Å². The molecule has 0 saturated heterocycles. The topological polar surface area (TPSA) is 148 Å². The van der Waals surface area contributed by atoms with Gasteiger partial charge in [0.25, 0.3) is 0 Å². The molecule has 3 unspecified atom stereocenters. The maximum absolute atomic E-state index is 9.81. The van der Waals surface area contributed by atoms with Gasteiger partial charge >= 0.3 is 17.4 Å². The molecule has 9 nitrogen and oxygen atoms in total. The second-order valence-electron chi connectivity index (χ2n) is 2.86. The molecule has 0 aliphatic rings. The Balaban J connectivity index is -0.0000000865. The molecule has 114 valence electrons. The summed E-state index contributed by atoms with van der Waals surface area (Å²) in [7, 11) is -6.79. The van der Waals surface area contributed by atoms with Crippen LogP contribution in [0.25, 0.3) is 0 Å². The van der Waals surface area contributed by atoms with Crippen LogP contribution in [0.3, 0.4) is 0 Å². The van der Waals surface area contributed by atoms with Gasteiger partial charge in [-0.3, -0.25) is 0 Å². The zero-order chi connectivity index (χ0) is 15.6. The van der Waals surface area contributed by atoms with Crippen molar-refractivity contribution in [3.05, 3.63) is 0 Å². The van der Waals surface area contributed by atoms with Crippen molar-refractivity contribution in [3.63, 3.8) is 0 Å². The van der Waals surface area contributed by atoms with Gasteiger partial charge in [0.1, 0.15) is 22.8 Å². The van der Waals surface area contributed by atoms with E-state index in [1.807, 2.05) is 0 Å². The molecule has 0 saturated carbocycles. The van der Waals surface area contributed by atoms with Crippen molar-refractivity contribution < 1.29 is 41.9 Å². The van der Waals surface area contributed by atoms with E-state index in [2.05, 4.69) is 13.6 Å². The fourth-order valence-corrected chi connectivity index (χ4v) is 0. The van der Waals surface area contributed by atoms with E-state index in [4.69, 9.17) is 0 Å². The first-order chi connectivity index (χ1) is 7.68. The van der Waals surface area contributed by atoms with Gasteiger partial charge in [-0.15, -0.1) is 0 Å². The second-order valence-corrected chi connectivity index (χ2v) is 8.59. The van der Waals surface area contributed by atoms with E-state index >= 15 is 0 Å². The monoisotopic (exact) mass is 354 g/mol. The van der Waals surface area contributed by atoms with Crippen LogP contribution < -0.4 is 14.7 Å². The smallest absolute Gasteiger partial charge is 0.779 e. The molecule has 0 aromatic rings. The first-order valence-electron chi connectivity index (χ1n) is 4.21. The first-order valence-corrected chi connectivity index (χ1v) is 10.2. The van der Waals surface area contributed by atoms with Crippen LogP contribution in [0.5, 0.6) is 0 Å². The van der Waals surface area contributed by atoms with Crippen molar-refractivity contribution in [1.29, 1.82) is 0 Å². The molecule has 0 N–H and O–H groups in total. The van der Waals surface area contributed by atoms with Gasteiger partial charge in [-0.25, -0.2) is 0 Å². The summed E-state index contributed by atoms with van der Waals surface area (Å²) in [4.78, 5) is 29.4. The van der Waals surface area contributed by atoms with Crippen molar-refractivity contribution in [3.8, 4) is 0 Å². The van der Waals surface area contributed by atoms with Crippen molar-refractivity contribution >= 4 is 40.1 Å². The fraction of sp³-hybridized carbons (Fsp3) is 1.00. The normalized spacial score (nSPS) is 18.8. The summed E-state index contributed by atoms with van der Waals surface area (Å²) < 4.78 is 41.2. The van der Waals surface area contributed by atoms with Gasteiger partial charge in [-0.1, -0.05) is 0 Å². The molecular weight excluding hydrogens is 336 g/mol. The van der Waals surface area contributed by atoms with Crippen LogP contribution in [-0.4, -0.2) is 58.7 Å². The summed E-state index contributed by atoms with van der Waals surface area (Å²) in [6.45, 7) is 3.06. The van der Waals surface area contributed by atoms with Crippen molar-refractivity contribution in [2.45, 2.75) is 0 Å². The zero-order valence-electron chi connectivity index (χ0n) is 11.6. The minimum atomic E-state index is -3.40. The molecule has 0 aliphatic carbocycles. The van der Waals surface area contributed by atoms with Crippen LogP contribution in [0.2, 0.25) is 0 Å². The largest absolute Gasteiger partial charge is 3.00 e. The Morgan fingerprint density at radius 2 is 0.684 bits per heavy atom. The average molecular weight is 354 g/mol. The Hall–Kier alpha value is 0.982. The Bertz CT molecular complexity index is 277. The number of hydrogen-bond acceptors (Lipinski definition) is 9. The quantitative estimate of drug-likeness (QED) is 0.463. The van der Waals surface area contributed by atoms with Crippen LogP contribution >= 0.6 is 22.8 Å². The molecule has 0 spiro atoms. The van der Waals surface area contributed by atoms with Gasteiger partial charge in [0.2, 0.25) is 0 Å². The van der Waals surface area contributed by atoms with Crippen molar-refractivity contribution in [1.82, 2.24) is 0 Å². The molecule has 0 rings (SSSR count). The van der Waals surface area contributed by atoms with E-state index in [0.717, 1.165) is 41.3 Å². The maximum atomic E-state index is 9.81. The van der Waals surface area contributed by atoms with E-state index in [0.29, 0.717) is 0 Å². The third-order valence-corrected chi connectivity index (χ3v) is 2.98. The Kier molecular flexibility index (Phi) is 18.8. The fourth-order valence-electron chi connectivity index (χ4n) is 0. The molecule has 0 aromatic carbocycles. The molecule has 0 heterocycles. The molecule has 13 heteroatoms. The van der Waals surface area contributed by atoms with E-state index < -0.39 is 22.8 Å². The summed E-state index contributed by atoms with van der Waals surface area (Å²) >= 11 is 0. The van der Waals surface area contributed by atoms with Crippen molar-refractivity contribution in [2.75, 3.05) is 41.3 Å². The van der Waals surface area contributed by atoms with Crippen LogP contribution in [0.4, 0.5) is 0 Å². The minimum Gasteiger partial charge on any atom is -0.779 e. The molecule has 0 amide bonds. The first kappa shape index (κ1) is 28.2. The maximum Gasteiger partial charge on any atom is 3.00 e. The Labute approximate surface area is 124 Å². The minimum absolute atomic E-state index is 0. The van der Waals surface area contributed by atoms with E-state index in [-0.39, 0.29) is 17.4 Å². The van der Waals surface area contributed by atoms with E-state index in [1.54, 1.807) is 0 Å². The summed E-state index contributed by atoms with van der Waals surface area (Å²) in [6.07, 6.45) is 0. The SMILES string of the molecule is COP(C)(=O)[O-].COP(C)(=O)[O-].COP(C)(=O)[O-].[Al+3]. The van der Waals surface area contributed by atoms with Crippen LogP contribution in [0.15, 0.2) is 0 Å². The van der Waals surface area contributed by atoms with Crippen molar-refractivity contribution in [2.24, 2.45) is 0 Å². The van der Waals surface area contributed by atoms with Crippen LogP contribution in [0.1, 0.15) is 0 Å². The summed E-state index contributed by atoms with van der Waals surface area (Å²) in [6, 6.07) is 0. The molecule has 0 aliphatic heterocycles. The predicted molar refractivity (Wildman–Crippen MR) is 67.4 cm³/mol. The number of hydrogen-bond donors (Lipinski definition) is 0. The summed E-state index contributed by atoms with van der Waals surface area (Å²) in [5, 5.41) is 0. The van der Waals surface area contributed by atoms with Crippen LogP contribution in [0, 0.1) is 0 Å². The summed E-state index contributed by atoms with van der Waals surface area (Å²) in [5.41, 5.74) is 0. The van der Waals surface area contributed by atoms with Gasteiger partial charge < -0.3 is 41.9 Å². The number of rotatable bonds is 3. The Morgan fingerprint density at radius 1 is 0.632 bits per heavy atom. The third kappa shape index (κ3) is 54.9. The van der Waals surface area contributed by atoms with Gasteiger partial charge in [-0.05, 0) is 0 Å². The van der Waals surface area contributed by atoms with Gasteiger partial charge in [0.05, 0.1) is 0 Å². The summed E-state index contributed by atoms with van der Waals surface area (Å²) in [5.74, 6) is 0. The van der Waals surface area contributed by atoms with E-state index in [9.17, 15) is 28.4 Å². The molecule has 0 bridgehead atoms. The standard InChI is InChI=1S/3C2H7O3P.Al/c3*1-5-6(2,3)4;/h3*1-2H3,(H,3,4);/q;;;+3/p-3. The molecule has 0 radical (unpaired) electrons.